The predicted octanol–water partition coefficient (Wildman–Crippen LogP) is 4.08. The van der Waals surface area contributed by atoms with Gasteiger partial charge in [-0.3, -0.25) is 4.79 Å². The van der Waals surface area contributed by atoms with Gasteiger partial charge in [0, 0.05) is 22.8 Å². The molecule has 0 saturated carbocycles. The Morgan fingerprint density at radius 3 is 2.45 bits per heavy atom. The monoisotopic (exact) mass is 430 g/mol. The summed E-state index contributed by atoms with van der Waals surface area (Å²) in [7, 11) is -2.54. The second-order valence-electron chi connectivity index (χ2n) is 6.14. The first kappa shape index (κ1) is 20.9. The highest BCUT2D eigenvalue weighted by Gasteiger charge is 2.21. The van der Waals surface area contributed by atoms with E-state index in [9.17, 15) is 13.2 Å². The van der Waals surface area contributed by atoms with E-state index < -0.39 is 15.9 Å². The second-order valence-corrected chi connectivity index (χ2v) is 8.31. The van der Waals surface area contributed by atoms with Crippen LogP contribution in [0.5, 0.6) is 5.75 Å². The molecule has 0 spiro atoms. The summed E-state index contributed by atoms with van der Waals surface area (Å²) in [5.41, 5.74) is 1.49. The molecule has 0 heterocycles. The summed E-state index contributed by atoms with van der Waals surface area (Å²) in [6.45, 7) is 0.116. The van der Waals surface area contributed by atoms with Gasteiger partial charge in [0.25, 0.3) is 5.91 Å². The molecule has 3 aromatic rings. The Morgan fingerprint density at radius 1 is 1.00 bits per heavy atom. The maximum atomic E-state index is 12.8. The minimum atomic E-state index is -3.91. The first-order valence-corrected chi connectivity index (χ1v) is 10.5. The summed E-state index contributed by atoms with van der Waals surface area (Å²) < 4.78 is 33.4. The molecule has 0 atom stereocenters. The molecule has 2 N–H and O–H groups in total. The van der Waals surface area contributed by atoms with E-state index in [0.717, 1.165) is 5.56 Å². The number of hydrogen-bond donors (Lipinski definition) is 2. The fourth-order valence-corrected chi connectivity index (χ4v) is 4.05. The predicted molar refractivity (Wildman–Crippen MR) is 113 cm³/mol. The Labute approximate surface area is 174 Å². The molecule has 1 amide bonds. The highest BCUT2D eigenvalue weighted by Crippen LogP contribution is 2.26. The van der Waals surface area contributed by atoms with Crippen LogP contribution in [-0.4, -0.2) is 21.4 Å². The highest BCUT2D eigenvalue weighted by molar-refractivity contribution is 7.89. The molecule has 0 aliphatic rings. The van der Waals surface area contributed by atoms with Crippen LogP contribution >= 0.6 is 11.6 Å². The van der Waals surface area contributed by atoms with Gasteiger partial charge in [-0.05, 0) is 42.0 Å². The summed E-state index contributed by atoms with van der Waals surface area (Å²) in [5, 5.41) is 3.17. The summed E-state index contributed by atoms with van der Waals surface area (Å²) >= 11 is 5.93. The van der Waals surface area contributed by atoms with Gasteiger partial charge in [0.05, 0.1) is 7.11 Å². The molecule has 6 nitrogen and oxygen atoms in total. The average Bonchev–Trinajstić information content (AvgIpc) is 2.72. The van der Waals surface area contributed by atoms with Crippen molar-refractivity contribution in [2.24, 2.45) is 0 Å². The zero-order valence-corrected chi connectivity index (χ0v) is 17.1. The SMILES string of the molecule is COc1ccc(C(=O)Nc2cccc(Cl)c2)cc1S(=O)(=O)NCc1ccccc1. The van der Waals surface area contributed by atoms with Gasteiger partial charge in [0.2, 0.25) is 10.0 Å². The minimum absolute atomic E-state index is 0.116. The van der Waals surface area contributed by atoms with Crippen molar-refractivity contribution in [3.63, 3.8) is 0 Å². The number of ether oxygens (including phenoxy) is 1. The topological polar surface area (TPSA) is 84.5 Å². The van der Waals surface area contributed by atoms with E-state index in [4.69, 9.17) is 16.3 Å². The third-order valence-corrected chi connectivity index (χ3v) is 5.76. The van der Waals surface area contributed by atoms with Crippen molar-refractivity contribution in [2.45, 2.75) is 11.4 Å². The van der Waals surface area contributed by atoms with Crippen molar-refractivity contribution in [3.8, 4) is 5.75 Å². The molecule has 0 saturated heterocycles. The van der Waals surface area contributed by atoms with E-state index in [-0.39, 0.29) is 22.8 Å². The Bertz CT molecular complexity index is 1120. The third kappa shape index (κ3) is 5.35. The number of hydrogen-bond acceptors (Lipinski definition) is 4. The number of carbonyl (C=O) groups excluding carboxylic acids is 1. The summed E-state index contributed by atoms with van der Waals surface area (Å²) in [6.07, 6.45) is 0. The van der Waals surface area contributed by atoms with E-state index in [2.05, 4.69) is 10.0 Å². The van der Waals surface area contributed by atoms with Gasteiger partial charge < -0.3 is 10.1 Å². The third-order valence-electron chi connectivity index (χ3n) is 4.11. The Morgan fingerprint density at radius 2 is 1.76 bits per heavy atom. The van der Waals surface area contributed by atoms with Crippen molar-refractivity contribution in [1.82, 2.24) is 4.72 Å². The number of benzene rings is 3. The van der Waals surface area contributed by atoms with Gasteiger partial charge >= 0.3 is 0 Å². The van der Waals surface area contributed by atoms with Gasteiger partial charge in [-0.2, -0.15) is 0 Å². The first-order valence-electron chi connectivity index (χ1n) is 8.67. The molecule has 3 rings (SSSR count). The maximum absolute atomic E-state index is 12.8. The summed E-state index contributed by atoms with van der Waals surface area (Å²) in [5.74, 6) is -0.320. The van der Waals surface area contributed by atoms with Crippen molar-refractivity contribution >= 4 is 33.2 Å². The van der Waals surface area contributed by atoms with E-state index in [1.54, 1.807) is 24.3 Å². The summed E-state index contributed by atoms with van der Waals surface area (Å²) in [4.78, 5) is 12.5. The molecule has 0 aliphatic carbocycles. The molecule has 8 heteroatoms. The molecule has 0 aromatic heterocycles. The van der Waals surface area contributed by atoms with Crippen molar-refractivity contribution in [2.75, 3.05) is 12.4 Å². The van der Waals surface area contributed by atoms with Crippen LogP contribution < -0.4 is 14.8 Å². The van der Waals surface area contributed by atoms with Gasteiger partial charge in [-0.15, -0.1) is 0 Å². The molecular formula is C21H19ClN2O4S. The van der Waals surface area contributed by atoms with Crippen LogP contribution in [0, 0.1) is 0 Å². The fourth-order valence-electron chi connectivity index (χ4n) is 2.65. The lowest BCUT2D eigenvalue weighted by Crippen LogP contribution is -2.24. The molecule has 0 unspecified atom stereocenters. The fraction of sp³-hybridized carbons (Fsp3) is 0.0952. The summed E-state index contributed by atoms with van der Waals surface area (Å²) in [6, 6.07) is 20.0. The van der Waals surface area contributed by atoms with Crippen LogP contribution in [0.25, 0.3) is 0 Å². The molecule has 3 aromatic carbocycles. The van der Waals surface area contributed by atoms with Crippen LogP contribution in [0.1, 0.15) is 15.9 Å². The lowest BCUT2D eigenvalue weighted by atomic mass is 10.2. The number of carbonyl (C=O) groups is 1. The maximum Gasteiger partial charge on any atom is 0.255 e. The van der Waals surface area contributed by atoms with E-state index in [0.29, 0.717) is 10.7 Å². The van der Waals surface area contributed by atoms with Crippen molar-refractivity contribution < 1.29 is 17.9 Å². The number of nitrogens with one attached hydrogen (secondary N) is 2. The van der Waals surface area contributed by atoms with Crippen LogP contribution in [-0.2, 0) is 16.6 Å². The van der Waals surface area contributed by atoms with Crippen LogP contribution in [0.4, 0.5) is 5.69 Å². The number of sulfonamides is 1. The molecule has 29 heavy (non-hydrogen) atoms. The molecule has 0 radical (unpaired) electrons. The average molecular weight is 431 g/mol. The molecule has 0 bridgehead atoms. The van der Waals surface area contributed by atoms with Gasteiger partial charge in [-0.25, -0.2) is 13.1 Å². The van der Waals surface area contributed by atoms with Crippen molar-refractivity contribution in [1.29, 1.82) is 0 Å². The quantitative estimate of drug-likeness (QED) is 0.591. The molecular weight excluding hydrogens is 412 g/mol. The zero-order valence-electron chi connectivity index (χ0n) is 15.6. The number of rotatable bonds is 7. The van der Waals surface area contributed by atoms with Crippen LogP contribution in [0.2, 0.25) is 5.02 Å². The Kier molecular flexibility index (Phi) is 6.53. The van der Waals surface area contributed by atoms with Crippen LogP contribution in [0.3, 0.4) is 0 Å². The lowest BCUT2D eigenvalue weighted by Gasteiger charge is -2.13. The van der Waals surface area contributed by atoms with Crippen LogP contribution in [0.15, 0.2) is 77.7 Å². The van der Waals surface area contributed by atoms with Crippen molar-refractivity contribution in [3.05, 3.63) is 88.9 Å². The van der Waals surface area contributed by atoms with E-state index >= 15 is 0 Å². The number of halogens is 1. The van der Waals surface area contributed by atoms with E-state index in [1.165, 1.54) is 25.3 Å². The smallest absolute Gasteiger partial charge is 0.255 e. The Balaban J connectivity index is 1.85. The van der Waals surface area contributed by atoms with Gasteiger partial charge in [0.1, 0.15) is 10.6 Å². The zero-order chi connectivity index (χ0) is 20.9. The highest BCUT2D eigenvalue weighted by atomic mass is 35.5. The van der Waals surface area contributed by atoms with E-state index in [1.807, 2.05) is 30.3 Å². The van der Waals surface area contributed by atoms with Gasteiger partial charge in [-0.1, -0.05) is 48.0 Å². The Hall–Kier alpha value is -2.87. The number of methoxy groups -OCH3 is 1. The minimum Gasteiger partial charge on any atom is -0.495 e. The normalized spacial score (nSPS) is 11.1. The first-order chi connectivity index (χ1) is 13.9. The largest absolute Gasteiger partial charge is 0.495 e. The number of amides is 1. The number of anilines is 1. The lowest BCUT2D eigenvalue weighted by molar-refractivity contribution is 0.102. The molecule has 150 valence electrons. The second kappa shape index (κ2) is 9.09. The molecule has 0 aliphatic heterocycles. The standard InChI is InChI=1S/C21H19ClN2O4S/c1-28-19-11-10-16(21(25)24-18-9-5-8-17(22)13-18)12-20(19)29(26,27)23-14-15-6-3-2-4-7-15/h2-13,23H,14H2,1H3,(H,24,25). The molecule has 0 fully saturated rings. The van der Waals surface area contributed by atoms with Gasteiger partial charge in [0.15, 0.2) is 0 Å².